The number of aliphatic hydroxyl groups is 1. The molecule has 0 bridgehead atoms. The summed E-state index contributed by atoms with van der Waals surface area (Å²) < 4.78 is 26.4. The molecule has 0 spiro atoms. The second-order valence-corrected chi connectivity index (χ2v) is 6.56. The van der Waals surface area contributed by atoms with E-state index in [0.29, 0.717) is 25.3 Å². The molecule has 0 saturated carbocycles. The Morgan fingerprint density at radius 3 is 2.83 bits per heavy atom. The maximum absolute atomic E-state index is 13.3. The number of carbonyl (C=O) groups excluding carboxylic acids is 1. The van der Waals surface area contributed by atoms with Crippen LogP contribution in [0, 0.1) is 17.6 Å². The van der Waals surface area contributed by atoms with Gasteiger partial charge in [-0.3, -0.25) is 0 Å². The normalized spacial score (nSPS) is 23.8. The average molecular weight is 339 g/mol. The Kier molecular flexibility index (Phi) is 5.18. The Morgan fingerprint density at radius 2 is 2.08 bits per heavy atom. The average Bonchev–Trinajstić information content (AvgIpc) is 3.24. The zero-order chi connectivity index (χ0) is 17.1. The number of anilines is 1. The summed E-state index contributed by atoms with van der Waals surface area (Å²) in [5.41, 5.74) is 0.669. The molecule has 2 aliphatic heterocycles. The van der Waals surface area contributed by atoms with E-state index in [1.807, 2.05) is 4.90 Å². The largest absolute Gasteiger partial charge is 0.394 e. The van der Waals surface area contributed by atoms with Gasteiger partial charge in [-0.1, -0.05) is 0 Å². The summed E-state index contributed by atoms with van der Waals surface area (Å²) in [5, 5.41) is 12.2. The molecule has 7 heteroatoms. The van der Waals surface area contributed by atoms with Crippen molar-refractivity contribution in [3.63, 3.8) is 0 Å². The van der Waals surface area contributed by atoms with Crippen LogP contribution in [0.3, 0.4) is 0 Å². The van der Waals surface area contributed by atoms with Crippen LogP contribution in [0.5, 0.6) is 0 Å². The Bertz CT molecular complexity index is 599. The summed E-state index contributed by atoms with van der Waals surface area (Å²) in [4.78, 5) is 15.9. The first kappa shape index (κ1) is 17.0. The van der Waals surface area contributed by atoms with Crippen LogP contribution in [0.4, 0.5) is 19.3 Å². The molecular formula is C17H23F2N3O2. The van der Waals surface area contributed by atoms with Crippen molar-refractivity contribution in [2.24, 2.45) is 5.92 Å². The number of hydrogen-bond acceptors (Lipinski definition) is 3. The number of benzene rings is 1. The minimum absolute atomic E-state index is 0.000751. The van der Waals surface area contributed by atoms with E-state index in [0.717, 1.165) is 31.9 Å². The van der Waals surface area contributed by atoms with E-state index >= 15 is 0 Å². The van der Waals surface area contributed by atoms with Crippen LogP contribution in [0.25, 0.3) is 0 Å². The molecule has 2 atom stereocenters. The van der Waals surface area contributed by atoms with Crippen LogP contribution < -0.4 is 10.2 Å². The van der Waals surface area contributed by atoms with Gasteiger partial charge in [-0.05, 0) is 37.3 Å². The van der Waals surface area contributed by atoms with Gasteiger partial charge in [0.25, 0.3) is 0 Å². The first-order valence-electron chi connectivity index (χ1n) is 8.44. The van der Waals surface area contributed by atoms with Gasteiger partial charge in [0.15, 0.2) is 11.6 Å². The van der Waals surface area contributed by atoms with Crippen molar-refractivity contribution in [1.82, 2.24) is 10.2 Å². The van der Waals surface area contributed by atoms with E-state index in [9.17, 15) is 18.7 Å². The summed E-state index contributed by atoms with van der Waals surface area (Å²) in [5.74, 6) is -1.41. The zero-order valence-electron chi connectivity index (χ0n) is 13.5. The van der Waals surface area contributed by atoms with Crippen molar-refractivity contribution in [3.8, 4) is 0 Å². The van der Waals surface area contributed by atoms with Gasteiger partial charge in [-0.15, -0.1) is 0 Å². The maximum atomic E-state index is 13.3. The number of amides is 2. The van der Waals surface area contributed by atoms with E-state index in [1.165, 1.54) is 6.07 Å². The summed E-state index contributed by atoms with van der Waals surface area (Å²) in [6, 6.07) is 3.73. The predicted molar refractivity (Wildman–Crippen MR) is 86.9 cm³/mol. The molecule has 132 valence electrons. The van der Waals surface area contributed by atoms with Gasteiger partial charge < -0.3 is 20.2 Å². The van der Waals surface area contributed by atoms with E-state index in [4.69, 9.17) is 0 Å². The standard InChI is InChI=1S/C17H23F2N3O2/c18-15-4-3-13(8-16(15)19)21-7-5-12(10-21)9-20-17(24)22-6-1-2-14(22)11-23/h3-4,8,12,14,23H,1-2,5-7,9-11H2,(H,20,24)/t12?,14-/m0/s1. The quantitative estimate of drug-likeness (QED) is 0.882. The summed E-state index contributed by atoms with van der Waals surface area (Å²) in [7, 11) is 0. The number of hydrogen-bond donors (Lipinski definition) is 2. The highest BCUT2D eigenvalue weighted by Crippen LogP contribution is 2.25. The highest BCUT2D eigenvalue weighted by molar-refractivity contribution is 5.74. The molecule has 2 N–H and O–H groups in total. The van der Waals surface area contributed by atoms with Gasteiger partial charge in [0.1, 0.15) is 0 Å². The molecular weight excluding hydrogens is 316 g/mol. The van der Waals surface area contributed by atoms with Gasteiger partial charge >= 0.3 is 6.03 Å². The van der Waals surface area contributed by atoms with Crippen molar-refractivity contribution in [3.05, 3.63) is 29.8 Å². The van der Waals surface area contributed by atoms with Gasteiger partial charge in [-0.2, -0.15) is 0 Å². The molecule has 0 radical (unpaired) electrons. The molecule has 2 saturated heterocycles. The lowest BCUT2D eigenvalue weighted by Crippen LogP contribution is -2.45. The van der Waals surface area contributed by atoms with Crippen molar-refractivity contribution < 1.29 is 18.7 Å². The smallest absolute Gasteiger partial charge is 0.317 e. The third-order valence-corrected chi connectivity index (χ3v) is 4.94. The van der Waals surface area contributed by atoms with Crippen molar-refractivity contribution in [1.29, 1.82) is 0 Å². The fraction of sp³-hybridized carbons (Fsp3) is 0.588. The number of carbonyl (C=O) groups is 1. The molecule has 1 aromatic rings. The summed E-state index contributed by atoms with van der Waals surface area (Å²) in [6.45, 7) is 2.69. The lowest BCUT2D eigenvalue weighted by atomic mass is 10.1. The highest BCUT2D eigenvalue weighted by atomic mass is 19.2. The van der Waals surface area contributed by atoms with Crippen LogP contribution in [0.2, 0.25) is 0 Å². The second kappa shape index (κ2) is 7.34. The highest BCUT2D eigenvalue weighted by Gasteiger charge is 2.29. The number of nitrogens with zero attached hydrogens (tertiary/aromatic N) is 2. The van der Waals surface area contributed by atoms with Gasteiger partial charge in [0.2, 0.25) is 0 Å². The first-order chi connectivity index (χ1) is 11.6. The number of halogens is 2. The predicted octanol–water partition coefficient (Wildman–Crippen LogP) is 1.96. The Morgan fingerprint density at radius 1 is 1.25 bits per heavy atom. The molecule has 1 unspecified atom stereocenters. The summed E-state index contributed by atoms with van der Waals surface area (Å²) in [6.07, 6.45) is 2.66. The number of nitrogens with one attached hydrogen (secondary N) is 1. The minimum atomic E-state index is -0.842. The van der Waals surface area contributed by atoms with Gasteiger partial charge in [0.05, 0.1) is 12.6 Å². The zero-order valence-corrected chi connectivity index (χ0v) is 13.5. The fourth-order valence-electron chi connectivity index (χ4n) is 3.54. The lowest BCUT2D eigenvalue weighted by Gasteiger charge is -2.24. The second-order valence-electron chi connectivity index (χ2n) is 6.56. The molecule has 2 heterocycles. The minimum Gasteiger partial charge on any atom is -0.394 e. The van der Waals surface area contributed by atoms with Crippen molar-refractivity contribution in [2.45, 2.75) is 25.3 Å². The number of rotatable bonds is 4. The van der Waals surface area contributed by atoms with Crippen LogP contribution >= 0.6 is 0 Å². The van der Waals surface area contributed by atoms with E-state index in [-0.39, 0.29) is 24.6 Å². The van der Waals surface area contributed by atoms with E-state index in [1.54, 1.807) is 11.0 Å². The van der Waals surface area contributed by atoms with Gasteiger partial charge in [0, 0.05) is 37.9 Å². The van der Waals surface area contributed by atoms with Crippen LogP contribution in [0.1, 0.15) is 19.3 Å². The third kappa shape index (κ3) is 3.61. The molecule has 2 fully saturated rings. The van der Waals surface area contributed by atoms with Crippen molar-refractivity contribution >= 4 is 11.7 Å². The monoisotopic (exact) mass is 339 g/mol. The maximum Gasteiger partial charge on any atom is 0.317 e. The van der Waals surface area contributed by atoms with Crippen LogP contribution in [0.15, 0.2) is 18.2 Å². The van der Waals surface area contributed by atoms with E-state index in [2.05, 4.69) is 5.32 Å². The molecule has 5 nitrogen and oxygen atoms in total. The first-order valence-corrected chi connectivity index (χ1v) is 8.44. The number of likely N-dealkylation sites (tertiary alicyclic amines) is 1. The molecule has 24 heavy (non-hydrogen) atoms. The SMILES string of the molecule is O=C(NCC1CCN(c2ccc(F)c(F)c2)C1)N1CCC[C@H]1CO. The number of urea groups is 1. The molecule has 1 aromatic carbocycles. The van der Waals surface area contributed by atoms with Crippen LogP contribution in [-0.4, -0.2) is 54.9 Å². The Hall–Kier alpha value is -1.89. The van der Waals surface area contributed by atoms with Crippen molar-refractivity contribution in [2.75, 3.05) is 37.7 Å². The fourth-order valence-corrected chi connectivity index (χ4v) is 3.54. The Labute approximate surface area is 140 Å². The number of aliphatic hydroxyl groups excluding tert-OH is 1. The topological polar surface area (TPSA) is 55.8 Å². The molecule has 2 amide bonds. The Balaban J connectivity index is 1.49. The third-order valence-electron chi connectivity index (χ3n) is 4.94. The van der Waals surface area contributed by atoms with Gasteiger partial charge in [-0.25, -0.2) is 13.6 Å². The van der Waals surface area contributed by atoms with E-state index < -0.39 is 11.6 Å². The molecule has 2 aliphatic rings. The summed E-state index contributed by atoms with van der Waals surface area (Å²) >= 11 is 0. The molecule has 0 aliphatic carbocycles. The van der Waals surface area contributed by atoms with Crippen LogP contribution in [-0.2, 0) is 0 Å². The molecule has 0 aromatic heterocycles. The molecule has 3 rings (SSSR count). The lowest BCUT2D eigenvalue weighted by molar-refractivity contribution is 0.156.